The number of nitrogens with zero attached hydrogens (tertiary/aromatic N) is 3. The maximum absolute atomic E-state index is 12.9. The molecule has 9 nitrogen and oxygen atoms in total. The Labute approximate surface area is 216 Å². The SMILES string of the molecule is O=C(Cn1c2ccccc2c(=O)c2ccccc21)N/N=C/c1cccc(OCc2ccc([N+](=O)[O-])cc2)c1. The van der Waals surface area contributed by atoms with Crippen molar-refractivity contribution in [2.75, 3.05) is 0 Å². The minimum atomic E-state index is -0.447. The lowest BCUT2D eigenvalue weighted by atomic mass is 10.1. The van der Waals surface area contributed by atoms with Crippen LogP contribution in [0.3, 0.4) is 0 Å². The van der Waals surface area contributed by atoms with E-state index in [0.717, 1.165) is 5.56 Å². The third-order valence-corrected chi connectivity index (χ3v) is 5.99. The normalized spacial score (nSPS) is 11.2. The quantitative estimate of drug-likeness (QED) is 0.141. The molecular formula is C29H22N4O5. The van der Waals surface area contributed by atoms with Crippen LogP contribution in [0.5, 0.6) is 5.75 Å². The van der Waals surface area contributed by atoms with Gasteiger partial charge in [0.2, 0.25) is 0 Å². The Morgan fingerprint density at radius 2 is 1.58 bits per heavy atom. The summed E-state index contributed by atoms with van der Waals surface area (Å²) in [7, 11) is 0. The lowest BCUT2D eigenvalue weighted by molar-refractivity contribution is -0.384. The van der Waals surface area contributed by atoms with Crippen molar-refractivity contribution in [1.29, 1.82) is 0 Å². The lowest BCUT2D eigenvalue weighted by Gasteiger charge is -2.14. The molecule has 0 unspecified atom stereocenters. The summed E-state index contributed by atoms with van der Waals surface area (Å²) in [5.41, 5.74) is 5.37. The number of amides is 1. The average molecular weight is 507 g/mol. The number of hydrogen-bond acceptors (Lipinski definition) is 6. The fraction of sp³-hybridized carbons (Fsp3) is 0.0690. The highest BCUT2D eigenvalue weighted by Gasteiger charge is 2.12. The van der Waals surface area contributed by atoms with Crippen LogP contribution >= 0.6 is 0 Å². The van der Waals surface area contributed by atoms with Gasteiger partial charge in [-0.05, 0) is 59.7 Å². The molecule has 9 heteroatoms. The molecule has 38 heavy (non-hydrogen) atoms. The molecule has 4 aromatic carbocycles. The van der Waals surface area contributed by atoms with Gasteiger partial charge in [0.15, 0.2) is 5.43 Å². The Morgan fingerprint density at radius 3 is 2.24 bits per heavy atom. The van der Waals surface area contributed by atoms with Gasteiger partial charge in [-0.25, -0.2) is 5.43 Å². The average Bonchev–Trinajstić information content (AvgIpc) is 2.94. The number of fused-ring (bicyclic) bond motifs is 2. The molecule has 0 radical (unpaired) electrons. The van der Waals surface area contributed by atoms with Gasteiger partial charge in [-0.1, -0.05) is 36.4 Å². The number of aromatic nitrogens is 1. The number of hydrazone groups is 1. The number of para-hydroxylation sites is 2. The number of rotatable bonds is 8. The van der Waals surface area contributed by atoms with E-state index in [2.05, 4.69) is 10.5 Å². The third kappa shape index (κ3) is 5.26. The fourth-order valence-electron chi connectivity index (χ4n) is 4.17. The van der Waals surface area contributed by atoms with Gasteiger partial charge in [0, 0.05) is 22.9 Å². The second kappa shape index (κ2) is 10.8. The maximum Gasteiger partial charge on any atom is 0.269 e. The van der Waals surface area contributed by atoms with Gasteiger partial charge >= 0.3 is 0 Å². The zero-order chi connectivity index (χ0) is 26.5. The van der Waals surface area contributed by atoms with Crippen molar-refractivity contribution >= 4 is 39.6 Å². The molecule has 5 aromatic rings. The summed E-state index contributed by atoms with van der Waals surface area (Å²) < 4.78 is 7.59. The van der Waals surface area contributed by atoms with E-state index in [-0.39, 0.29) is 30.2 Å². The smallest absolute Gasteiger partial charge is 0.269 e. The summed E-state index contributed by atoms with van der Waals surface area (Å²) in [6.45, 7) is 0.230. The number of carbonyl (C=O) groups is 1. The predicted octanol–water partition coefficient (Wildman–Crippen LogP) is 4.79. The van der Waals surface area contributed by atoms with Crippen molar-refractivity contribution in [3.8, 4) is 5.75 Å². The van der Waals surface area contributed by atoms with E-state index in [1.807, 2.05) is 34.9 Å². The molecule has 0 aliphatic heterocycles. The Balaban J connectivity index is 1.26. The van der Waals surface area contributed by atoms with E-state index in [1.54, 1.807) is 54.6 Å². The fourth-order valence-corrected chi connectivity index (χ4v) is 4.17. The molecule has 1 N–H and O–H groups in total. The molecule has 0 aliphatic carbocycles. The highest BCUT2D eigenvalue weighted by atomic mass is 16.6. The summed E-state index contributed by atoms with van der Waals surface area (Å²) in [5.74, 6) is 0.246. The molecule has 188 valence electrons. The van der Waals surface area contributed by atoms with Crippen LogP contribution in [0.25, 0.3) is 21.8 Å². The topological polar surface area (TPSA) is 116 Å². The van der Waals surface area contributed by atoms with E-state index in [0.29, 0.717) is 33.1 Å². The first-order valence-electron chi connectivity index (χ1n) is 11.8. The van der Waals surface area contributed by atoms with Crippen molar-refractivity contribution in [3.63, 3.8) is 0 Å². The number of nitro benzene ring substituents is 1. The van der Waals surface area contributed by atoms with E-state index in [4.69, 9.17) is 4.74 Å². The molecule has 0 atom stereocenters. The molecule has 1 amide bonds. The van der Waals surface area contributed by atoms with Gasteiger partial charge in [-0.2, -0.15) is 5.10 Å². The number of non-ortho nitro benzene ring substituents is 1. The number of carbonyl (C=O) groups excluding carboxylic acids is 1. The van der Waals surface area contributed by atoms with Crippen LogP contribution in [0.1, 0.15) is 11.1 Å². The van der Waals surface area contributed by atoms with Crippen LogP contribution in [-0.2, 0) is 17.9 Å². The molecule has 0 aliphatic rings. The Bertz CT molecular complexity index is 1680. The number of ether oxygens (including phenoxy) is 1. The number of nitro groups is 1. The second-order valence-electron chi connectivity index (χ2n) is 8.53. The minimum absolute atomic E-state index is 0.0168. The van der Waals surface area contributed by atoms with E-state index in [1.165, 1.54) is 18.3 Å². The van der Waals surface area contributed by atoms with Crippen molar-refractivity contribution in [1.82, 2.24) is 9.99 Å². The number of hydrogen-bond donors (Lipinski definition) is 1. The molecule has 1 heterocycles. The lowest BCUT2D eigenvalue weighted by Crippen LogP contribution is -2.25. The van der Waals surface area contributed by atoms with E-state index in [9.17, 15) is 19.7 Å². The largest absolute Gasteiger partial charge is 0.489 e. The van der Waals surface area contributed by atoms with Gasteiger partial charge < -0.3 is 9.30 Å². The number of pyridine rings is 1. The first-order chi connectivity index (χ1) is 18.5. The summed E-state index contributed by atoms with van der Waals surface area (Å²) in [6, 6.07) is 27.8. The first kappa shape index (κ1) is 24.4. The molecule has 1 aromatic heterocycles. The van der Waals surface area contributed by atoms with Gasteiger partial charge in [0.05, 0.1) is 22.2 Å². The van der Waals surface area contributed by atoms with Gasteiger partial charge in [-0.3, -0.25) is 19.7 Å². The van der Waals surface area contributed by atoms with E-state index < -0.39 is 4.92 Å². The standard InChI is InChI=1S/C29H22N4O5/c34-28(18-32-26-10-3-1-8-24(26)29(35)25-9-2-4-11-27(25)32)31-30-17-21-6-5-7-23(16-21)38-19-20-12-14-22(15-13-20)33(36)37/h1-17H,18-19H2,(H,31,34)/b30-17+. The van der Waals surface area contributed by atoms with Crippen molar-refractivity contribution in [2.45, 2.75) is 13.2 Å². The highest BCUT2D eigenvalue weighted by molar-refractivity contribution is 5.95. The second-order valence-corrected chi connectivity index (χ2v) is 8.53. The van der Waals surface area contributed by atoms with Crippen molar-refractivity contribution < 1.29 is 14.5 Å². The van der Waals surface area contributed by atoms with E-state index >= 15 is 0 Å². The Kier molecular flexibility index (Phi) is 6.90. The van der Waals surface area contributed by atoms with Gasteiger partial charge in [-0.15, -0.1) is 0 Å². The van der Waals surface area contributed by atoms with Crippen LogP contribution in [0.15, 0.2) is 107 Å². The minimum Gasteiger partial charge on any atom is -0.489 e. The first-order valence-corrected chi connectivity index (χ1v) is 11.8. The van der Waals surface area contributed by atoms with Crippen LogP contribution in [0, 0.1) is 10.1 Å². The van der Waals surface area contributed by atoms with Gasteiger partial charge in [0.1, 0.15) is 18.9 Å². The zero-order valence-electron chi connectivity index (χ0n) is 20.1. The molecule has 0 saturated carbocycles. The van der Waals surface area contributed by atoms with Crippen LogP contribution in [0.2, 0.25) is 0 Å². The number of benzene rings is 4. The van der Waals surface area contributed by atoms with Crippen LogP contribution in [-0.4, -0.2) is 21.6 Å². The van der Waals surface area contributed by atoms with Crippen LogP contribution < -0.4 is 15.6 Å². The summed E-state index contributed by atoms with van der Waals surface area (Å²) in [5, 5.41) is 16.0. The summed E-state index contributed by atoms with van der Waals surface area (Å²) in [4.78, 5) is 36.0. The zero-order valence-corrected chi connectivity index (χ0v) is 20.1. The maximum atomic E-state index is 12.9. The molecule has 0 saturated heterocycles. The Hall–Kier alpha value is -5.31. The predicted molar refractivity (Wildman–Crippen MR) is 145 cm³/mol. The third-order valence-electron chi connectivity index (χ3n) is 5.99. The monoisotopic (exact) mass is 506 g/mol. The molecule has 5 rings (SSSR count). The van der Waals surface area contributed by atoms with Gasteiger partial charge in [0.25, 0.3) is 11.6 Å². The van der Waals surface area contributed by atoms with Crippen molar-refractivity contribution in [2.24, 2.45) is 5.10 Å². The number of nitrogens with one attached hydrogen (secondary N) is 1. The summed E-state index contributed by atoms with van der Waals surface area (Å²) in [6.07, 6.45) is 1.51. The molecule has 0 bridgehead atoms. The van der Waals surface area contributed by atoms with Crippen molar-refractivity contribution in [3.05, 3.63) is 129 Å². The Morgan fingerprint density at radius 1 is 0.921 bits per heavy atom. The molecule has 0 fully saturated rings. The summed E-state index contributed by atoms with van der Waals surface area (Å²) >= 11 is 0. The molecule has 0 spiro atoms. The van der Waals surface area contributed by atoms with Crippen LogP contribution in [0.4, 0.5) is 5.69 Å². The highest BCUT2D eigenvalue weighted by Crippen LogP contribution is 2.19. The molecular weight excluding hydrogens is 484 g/mol.